The minimum atomic E-state index is -1.12. The Balaban J connectivity index is 1.13. The lowest BCUT2D eigenvalue weighted by Gasteiger charge is -2.33. The number of pyridine rings is 1. The number of thiophene rings is 1. The van der Waals surface area contributed by atoms with Gasteiger partial charge in [0.05, 0.1) is 6.54 Å². The summed E-state index contributed by atoms with van der Waals surface area (Å²) in [5, 5.41) is 17.7. The van der Waals surface area contributed by atoms with Gasteiger partial charge in [-0.3, -0.25) is 0 Å². The number of alkyl carbamates (subject to hydrolysis) is 1. The van der Waals surface area contributed by atoms with Gasteiger partial charge in [-0.25, -0.2) is 24.5 Å². The van der Waals surface area contributed by atoms with Gasteiger partial charge in [0, 0.05) is 40.8 Å². The molecule has 1 aliphatic heterocycles. The van der Waals surface area contributed by atoms with Crippen LogP contribution in [0.15, 0.2) is 72.4 Å². The normalized spacial score (nSPS) is 14.2. The van der Waals surface area contributed by atoms with E-state index in [0.29, 0.717) is 12.3 Å². The van der Waals surface area contributed by atoms with E-state index in [-0.39, 0.29) is 13.0 Å². The van der Waals surface area contributed by atoms with Crippen LogP contribution in [0.4, 0.5) is 16.4 Å². The minimum absolute atomic E-state index is 0.0675. The molecule has 3 N–H and O–H groups in total. The van der Waals surface area contributed by atoms with Crippen molar-refractivity contribution in [2.75, 3.05) is 23.3 Å². The van der Waals surface area contributed by atoms with E-state index in [1.165, 1.54) is 11.2 Å². The van der Waals surface area contributed by atoms with E-state index in [0.717, 1.165) is 66.6 Å². The molecule has 0 bridgehead atoms. The number of hydrogen-bond donors (Lipinski definition) is 3. The Bertz CT molecular complexity index is 1490. The first-order chi connectivity index (χ1) is 21.0. The fourth-order valence-corrected chi connectivity index (χ4v) is 5.89. The van der Waals surface area contributed by atoms with Gasteiger partial charge in [-0.2, -0.15) is 0 Å². The predicted octanol–water partition coefficient (Wildman–Crippen LogP) is 5.55. The van der Waals surface area contributed by atoms with Crippen LogP contribution in [0.25, 0.3) is 0 Å². The molecule has 43 heavy (non-hydrogen) atoms. The average molecular weight is 601 g/mol. The number of nitrogens with zero attached hydrogens (tertiary/aromatic N) is 4. The van der Waals surface area contributed by atoms with E-state index in [1.807, 2.05) is 43.3 Å². The number of aromatic nitrogens is 3. The first kappa shape index (κ1) is 30.0. The van der Waals surface area contributed by atoms with Crippen LogP contribution in [-0.4, -0.2) is 51.3 Å². The minimum Gasteiger partial charge on any atom is -0.480 e. The summed E-state index contributed by atoms with van der Waals surface area (Å²) in [6.45, 7) is 4.48. The molecule has 4 heterocycles. The highest BCUT2D eigenvalue weighted by molar-refractivity contribution is 7.09. The topological polar surface area (TPSA) is 130 Å². The highest BCUT2D eigenvalue weighted by Crippen LogP contribution is 2.31. The molecule has 1 unspecified atom stereocenters. The molecule has 0 aliphatic carbocycles. The van der Waals surface area contributed by atoms with Crippen LogP contribution in [0.2, 0.25) is 0 Å². The van der Waals surface area contributed by atoms with Gasteiger partial charge in [-0.15, -0.1) is 11.3 Å². The van der Waals surface area contributed by atoms with Crippen LogP contribution in [0.3, 0.4) is 0 Å². The summed E-state index contributed by atoms with van der Waals surface area (Å²) in [5.41, 5.74) is 3.62. The Labute approximate surface area is 255 Å². The summed E-state index contributed by atoms with van der Waals surface area (Å²) >= 11 is 1.73. The van der Waals surface area contributed by atoms with Crippen molar-refractivity contribution in [3.8, 4) is 0 Å². The fourth-order valence-electron chi connectivity index (χ4n) is 5.25. The summed E-state index contributed by atoms with van der Waals surface area (Å²) in [6.07, 6.45) is 3.23. The van der Waals surface area contributed by atoms with E-state index in [2.05, 4.69) is 55.1 Å². The van der Waals surface area contributed by atoms with Gasteiger partial charge in [-0.1, -0.05) is 42.5 Å². The van der Waals surface area contributed by atoms with Gasteiger partial charge in [0.2, 0.25) is 0 Å². The Hall–Kier alpha value is -4.51. The molecule has 10 nitrogen and oxygen atoms in total. The Morgan fingerprint density at radius 1 is 1.07 bits per heavy atom. The van der Waals surface area contributed by atoms with E-state index < -0.39 is 18.1 Å². The number of rotatable bonds is 12. The van der Waals surface area contributed by atoms with Gasteiger partial charge in [0.1, 0.15) is 30.6 Å². The third-order valence-electron chi connectivity index (χ3n) is 7.64. The number of carbonyl (C=O) groups excluding carboxylic acids is 1. The highest BCUT2D eigenvalue weighted by atomic mass is 32.1. The van der Waals surface area contributed by atoms with Crippen LogP contribution in [0, 0.1) is 6.92 Å². The van der Waals surface area contributed by atoms with E-state index in [1.54, 1.807) is 11.3 Å². The molecule has 4 aromatic rings. The lowest BCUT2D eigenvalue weighted by Crippen LogP contribution is -2.41. The average Bonchev–Trinajstić information content (AvgIpc) is 3.56. The highest BCUT2D eigenvalue weighted by Gasteiger charge is 2.26. The number of carbonyl (C=O) groups is 2. The molecule has 11 heteroatoms. The van der Waals surface area contributed by atoms with Crippen molar-refractivity contribution >= 4 is 35.0 Å². The number of nitrogens with one attached hydrogen (secondary N) is 2. The summed E-state index contributed by atoms with van der Waals surface area (Å²) < 4.78 is 5.20. The zero-order valence-electron chi connectivity index (χ0n) is 24.1. The van der Waals surface area contributed by atoms with Crippen molar-refractivity contribution < 1.29 is 19.4 Å². The maximum absolute atomic E-state index is 12.3. The largest absolute Gasteiger partial charge is 0.480 e. The molecule has 3 aromatic heterocycles. The molecule has 1 fully saturated rings. The molecule has 5 rings (SSSR count). The number of piperidine rings is 1. The quantitative estimate of drug-likeness (QED) is 0.192. The molecule has 1 saturated heterocycles. The van der Waals surface area contributed by atoms with Crippen LogP contribution in [-0.2, 0) is 29.1 Å². The first-order valence-electron chi connectivity index (χ1n) is 14.4. The Morgan fingerprint density at radius 3 is 2.63 bits per heavy atom. The number of aryl methyl sites for hydroxylation is 1. The molecule has 0 radical (unpaired) electrons. The standard InChI is InChI=1S/C32H36N6O4S/c1-22-26(12-13-28(31(39)40)37-32(41)42-20-23-7-3-2-4-8-23)34-21-35-30(22)38-16-14-24(15-17-38)27-10-5-11-29(36-27)33-19-25-9-6-18-43-25/h2-11,18,21,24,28H,12-17,19-20H2,1H3,(H,33,36)(H,37,41)(H,39,40). The fraction of sp³-hybridized carbons (Fsp3) is 0.344. The molecule has 1 amide bonds. The summed E-state index contributed by atoms with van der Waals surface area (Å²) in [4.78, 5) is 41.6. The van der Waals surface area contributed by atoms with Gasteiger partial charge >= 0.3 is 12.1 Å². The number of anilines is 2. The zero-order valence-corrected chi connectivity index (χ0v) is 24.9. The molecule has 0 spiro atoms. The monoisotopic (exact) mass is 600 g/mol. The summed E-state index contributed by atoms with van der Waals surface area (Å²) in [5.74, 6) is 1.00. The third-order valence-corrected chi connectivity index (χ3v) is 8.52. The second-order valence-corrected chi connectivity index (χ2v) is 11.6. The zero-order chi connectivity index (χ0) is 30.0. The summed E-state index contributed by atoms with van der Waals surface area (Å²) in [6, 6.07) is 18.5. The van der Waals surface area contributed by atoms with E-state index in [9.17, 15) is 14.7 Å². The molecular weight excluding hydrogens is 564 g/mol. The number of benzene rings is 1. The maximum atomic E-state index is 12.3. The predicted molar refractivity (Wildman–Crippen MR) is 166 cm³/mol. The van der Waals surface area contributed by atoms with Crippen molar-refractivity contribution in [2.24, 2.45) is 0 Å². The van der Waals surface area contributed by atoms with Gasteiger partial charge < -0.3 is 25.4 Å². The van der Waals surface area contributed by atoms with E-state index in [4.69, 9.17) is 9.72 Å². The Morgan fingerprint density at radius 2 is 1.88 bits per heavy atom. The van der Waals surface area contributed by atoms with Crippen LogP contribution in [0.5, 0.6) is 0 Å². The first-order valence-corrected chi connectivity index (χ1v) is 15.3. The van der Waals surface area contributed by atoms with Gasteiger partial charge in [0.25, 0.3) is 0 Å². The number of ether oxygens (including phenoxy) is 1. The molecule has 1 atom stereocenters. The van der Waals surface area contributed by atoms with Crippen LogP contribution in [0.1, 0.15) is 52.6 Å². The van der Waals surface area contributed by atoms with Crippen molar-refractivity contribution in [1.82, 2.24) is 20.3 Å². The number of carboxylic acids is 1. The van der Waals surface area contributed by atoms with Crippen molar-refractivity contribution in [3.05, 3.63) is 99.8 Å². The van der Waals surface area contributed by atoms with Crippen molar-refractivity contribution in [1.29, 1.82) is 0 Å². The van der Waals surface area contributed by atoms with Crippen LogP contribution >= 0.6 is 11.3 Å². The second kappa shape index (κ2) is 14.6. The SMILES string of the molecule is Cc1c(CCC(NC(=O)OCc2ccccc2)C(=O)O)ncnc1N1CCC(c2cccc(NCc3cccs3)n2)CC1. The van der Waals surface area contributed by atoms with Gasteiger partial charge in [0.15, 0.2) is 0 Å². The van der Waals surface area contributed by atoms with Gasteiger partial charge in [-0.05, 0) is 61.7 Å². The molecule has 0 saturated carbocycles. The maximum Gasteiger partial charge on any atom is 0.408 e. The number of aliphatic carboxylic acids is 1. The van der Waals surface area contributed by atoms with Crippen molar-refractivity contribution in [3.63, 3.8) is 0 Å². The molecule has 1 aliphatic rings. The number of carboxylic acid groups (broad SMARTS) is 1. The lowest BCUT2D eigenvalue weighted by atomic mass is 9.92. The summed E-state index contributed by atoms with van der Waals surface area (Å²) in [7, 11) is 0. The molecular formula is C32H36N6O4S. The lowest BCUT2D eigenvalue weighted by molar-refractivity contribution is -0.139. The van der Waals surface area contributed by atoms with Crippen molar-refractivity contribution in [2.45, 2.75) is 57.7 Å². The smallest absolute Gasteiger partial charge is 0.408 e. The third kappa shape index (κ3) is 8.29. The molecule has 1 aromatic carbocycles. The Kier molecular flexibility index (Phi) is 10.2. The van der Waals surface area contributed by atoms with E-state index >= 15 is 0 Å². The second-order valence-electron chi connectivity index (χ2n) is 10.5. The number of hydrogen-bond acceptors (Lipinski definition) is 9. The number of amides is 1. The van der Waals surface area contributed by atoms with Crippen LogP contribution < -0.4 is 15.5 Å². The molecule has 224 valence electrons.